The largest absolute Gasteiger partial charge is 0.378 e. The van der Waals surface area contributed by atoms with E-state index in [9.17, 15) is 0 Å². The number of anilines is 1. The Bertz CT molecular complexity index is 623. The normalized spacial score (nSPS) is 27.6. The lowest BCUT2D eigenvalue weighted by molar-refractivity contribution is 0.391. The highest BCUT2D eigenvalue weighted by molar-refractivity contribution is 6.30. The minimum Gasteiger partial charge on any atom is -0.378 e. The molecule has 1 saturated heterocycles. The first-order chi connectivity index (χ1) is 9.83. The van der Waals surface area contributed by atoms with Crippen molar-refractivity contribution in [3.63, 3.8) is 0 Å². The molecule has 4 rings (SSSR count). The molecule has 0 amide bonds. The molecule has 102 valence electrons. The SMILES string of the molecule is Clc1ccc([C@H]2Nc3ccccc3[C@H]3NCC[C@H]23)cc1. The zero-order chi connectivity index (χ0) is 13.5. The van der Waals surface area contributed by atoms with Gasteiger partial charge in [0, 0.05) is 22.7 Å². The molecule has 3 heteroatoms. The smallest absolute Gasteiger partial charge is 0.0560 e. The first-order valence-corrected chi connectivity index (χ1v) is 7.55. The molecule has 0 unspecified atom stereocenters. The van der Waals surface area contributed by atoms with Crippen molar-refractivity contribution < 1.29 is 0 Å². The third-order valence-corrected chi connectivity index (χ3v) is 4.79. The third-order valence-electron chi connectivity index (χ3n) is 4.53. The highest BCUT2D eigenvalue weighted by atomic mass is 35.5. The van der Waals surface area contributed by atoms with E-state index in [-0.39, 0.29) is 0 Å². The van der Waals surface area contributed by atoms with Gasteiger partial charge in [-0.05, 0) is 42.3 Å². The van der Waals surface area contributed by atoms with E-state index in [1.165, 1.54) is 23.2 Å². The molecule has 2 heterocycles. The summed E-state index contributed by atoms with van der Waals surface area (Å²) in [4.78, 5) is 0. The van der Waals surface area contributed by atoms with Crippen molar-refractivity contribution in [1.82, 2.24) is 5.32 Å². The fraction of sp³-hybridized carbons (Fsp3) is 0.294. The topological polar surface area (TPSA) is 24.1 Å². The number of para-hydroxylation sites is 1. The van der Waals surface area contributed by atoms with E-state index in [1.807, 2.05) is 12.1 Å². The summed E-state index contributed by atoms with van der Waals surface area (Å²) >= 11 is 6.01. The van der Waals surface area contributed by atoms with Gasteiger partial charge in [0.05, 0.1) is 6.04 Å². The van der Waals surface area contributed by atoms with E-state index in [1.54, 1.807) is 0 Å². The molecule has 0 spiro atoms. The predicted molar refractivity (Wildman–Crippen MR) is 83.1 cm³/mol. The van der Waals surface area contributed by atoms with E-state index < -0.39 is 0 Å². The van der Waals surface area contributed by atoms with Gasteiger partial charge in [0.2, 0.25) is 0 Å². The van der Waals surface area contributed by atoms with Gasteiger partial charge in [0.1, 0.15) is 0 Å². The number of halogens is 1. The van der Waals surface area contributed by atoms with Gasteiger partial charge < -0.3 is 10.6 Å². The van der Waals surface area contributed by atoms with E-state index >= 15 is 0 Å². The van der Waals surface area contributed by atoms with Gasteiger partial charge in [-0.3, -0.25) is 0 Å². The fourth-order valence-electron chi connectivity index (χ4n) is 3.60. The van der Waals surface area contributed by atoms with Crippen molar-refractivity contribution in [3.05, 3.63) is 64.7 Å². The second kappa shape index (κ2) is 4.80. The zero-order valence-corrected chi connectivity index (χ0v) is 11.9. The Balaban J connectivity index is 1.76. The Kier molecular flexibility index (Phi) is 2.94. The Morgan fingerprint density at radius 2 is 1.75 bits per heavy atom. The monoisotopic (exact) mass is 284 g/mol. The molecular weight excluding hydrogens is 268 g/mol. The number of fused-ring (bicyclic) bond motifs is 3. The van der Waals surface area contributed by atoms with Gasteiger partial charge >= 0.3 is 0 Å². The summed E-state index contributed by atoms with van der Waals surface area (Å²) < 4.78 is 0. The third kappa shape index (κ3) is 1.91. The molecule has 0 radical (unpaired) electrons. The number of nitrogens with one attached hydrogen (secondary N) is 2. The van der Waals surface area contributed by atoms with Crippen molar-refractivity contribution in [2.24, 2.45) is 5.92 Å². The molecule has 0 saturated carbocycles. The van der Waals surface area contributed by atoms with Crippen LogP contribution in [0.2, 0.25) is 5.02 Å². The lowest BCUT2D eigenvalue weighted by atomic mass is 9.80. The van der Waals surface area contributed by atoms with Gasteiger partial charge in [-0.2, -0.15) is 0 Å². The van der Waals surface area contributed by atoms with Crippen LogP contribution in [0, 0.1) is 5.92 Å². The highest BCUT2D eigenvalue weighted by Crippen LogP contribution is 2.46. The van der Waals surface area contributed by atoms with Crippen molar-refractivity contribution in [3.8, 4) is 0 Å². The van der Waals surface area contributed by atoms with Crippen LogP contribution < -0.4 is 10.6 Å². The van der Waals surface area contributed by atoms with Crippen LogP contribution >= 0.6 is 11.6 Å². The summed E-state index contributed by atoms with van der Waals surface area (Å²) in [5.41, 5.74) is 3.98. The maximum atomic E-state index is 6.01. The molecule has 0 aliphatic carbocycles. The standard InChI is InChI=1S/C17H17ClN2/c18-12-7-5-11(6-8-12)16-14-9-10-19-17(14)13-3-1-2-4-15(13)20-16/h1-8,14,16-17,19-20H,9-10H2/t14-,16-,17-/m1/s1. The van der Waals surface area contributed by atoms with E-state index in [0.717, 1.165) is 11.6 Å². The maximum Gasteiger partial charge on any atom is 0.0560 e. The van der Waals surface area contributed by atoms with Crippen LogP contribution in [-0.4, -0.2) is 6.54 Å². The molecule has 2 aliphatic heterocycles. The summed E-state index contributed by atoms with van der Waals surface area (Å²) in [5, 5.41) is 8.18. The summed E-state index contributed by atoms with van der Waals surface area (Å²) in [5.74, 6) is 0.603. The highest BCUT2D eigenvalue weighted by Gasteiger charge is 2.39. The van der Waals surface area contributed by atoms with Gasteiger partial charge in [0.25, 0.3) is 0 Å². The van der Waals surface area contributed by atoms with Crippen molar-refractivity contribution >= 4 is 17.3 Å². The summed E-state index contributed by atoms with van der Waals surface area (Å²) in [6, 6.07) is 17.7. The lowest BCUT2D eigenvalue weighted by Gasteiger charge is -2.37. The van der Waals surface area contributed by atoms with Crippen LogP contribution in [0.1, 0.15) is 29.6 Å². The van der Waals surface area contributed by atoms with Gasteiger partial charge in [-0.25, -0.2) is 0 Å². The fourth-order valence-corrected chi connectivity index (χ4v) is 3.72. The molecule has 2 aromatic carbocycles. The summed E-state index contributed by atoms with van der Waals surface area (Å²) in [6.07, 6.45) is 1.21. The number of benzene rings is 2. The minimum absolute atomic E-state index is 0.363. The molecular formula is C17H17ClN2. The van der Waals surface area contributed by atoms with Crippen LogP contribution in [0.25, 0.3) is 0 Å². The van der Waals surface area contributed by atoms with Crippen LogP contribution in [-0.2, 0) is 0 Å². The minimum atomic E-state index is 0.363. The molecule has 1 fully saturated rings. The Morgan fingerprint density at radius 1 is 0.950 bits per heavy atom. The van der Waals surface area contributed by atoms with Gasteiger partial charge in [-0.1, -0.05) is 41.9 Å². The molecule has 3 atom stereocenters. The second-order valence-electron chi connectivity index (χ2n) is 5.65. The molecule has 2 N–H and O–H groups in total. The summed E-state index contributed by atoms with van der Waals surface area (Å²) in [7, 11) is 0. The molecule has 20 heavy (non-hydrogen) atoms. The van der Waals surface area contributed by atoms with E-state index in [4.69, 9.17) is 11.6 Å². The molecule has 2 nitrogen and oxygen atoms in total. The average Bonchev–Trinajstić information content (AvgIpc) is 2.97. The van der Waals surface area contributed by atoms with E-state index in [0.29, 0.717) is 18.0 Å². The first-order valence-electron chi connectivity index (χ1n) is 7.17. The van der Waals surface area contributed by atoms with Crippen molar-refractivity contribution in [1.29, 1.82) is 0 Å². The second-order valence-corrected chi connectivity index (χ2v) is 6.08. The van der Waals surface area contributed by atoms with Gasteiger partial charge in [-0.15, -0.1) is 0 Å². The summed E-state index contributed by atoms with van der Waals surface area (Å²) in [6.45, 7) is 1.09. The van der Waals surface area contributed by atoms with Crippen molar-refractivity contribution in [2.75, 3.05) is 11.9 Å². The van der Waals surface area contributed by atoms with E-state index in [2.05, 4.69) is 47.0 Å². The Labute approximate surface area is 124 Å². The van der Waals surface area contributed by atoms with Crippen molar-refractivity contribution in [2.45, 2.75) is 18.5 Å². The number of hydrogen-bond acceptors (Lipinski definition) is 2. The first kappa shape index (κ1) is 12.2. The van der Waals surface area contributed by atoms with Crippen LogP contribution in [0.4, 0.5) is 5.69 Å². The van der Waals surface area contributed by atoms with Gasteiger partial charge in [0.15, 0.2) is 0 Å². The molecule has 2 aliphatic rings. The lowest BCUT2D eigenvalue weighted by Crippen LogP contribution is -2.32. The Morgan fingerprint density at radius 3 is 2.60 bits per heavy atom. The number of rotatable bonds is 1. The Hall–Kier alpha value is -1.51. The van der Waals surface area contributed by atoms with Crippen LogP contribution in [0.3, 0.4) is 0 Å². The van der Waals surface area contributed by atoms with Crippen LogP contribution in [0.15, 0.2) is 48.5 Å². The quantitative estimate of drug-likeness (QED) is 0.822. The number of hydrogen-bond donors (Lipinski definition) is 2. The molecule has 0 aromatic heterocycles. The average molecular weight is 285 g/mol. The molecule has 2 aromatic rings. The molecule has 0 bridgehead atoms. The maximum absolute atomic E-state index is 6.01. The zero-order valence-electron chi connectivity index (χ0n) is 11.1. The predicted octanol–water partition coefficient (Wildman–Crippen LogP) is 4.16. The van der Waals surface area contributed by atoms with Crippen LogP contribution in [0.5, 0.6) is 0 Å².